The number of imidazole rings is 1. The predicted molar refractivity (Wildman–Crippen MR) is 100 cm³/mol. The van der Waals surface area contributed by atoms with E-state index in [1.807, 2.05) is 22.8 Å². The fraction of sp³-hybridized carbons (Fsp3) is 0.444. The van der Waals surface area contributed by atoms with Crippen molar-refractivity contribution in [2.75, 3.05) is 46.4 Å². The van der Waals surface area contributed by atoms with E-state index in [-0.39, 0.29) is 0 Å². The van der Waals surface area contributed by atoms with Gasteiger partial charge in [0.05, 0.1) is 18.5 Å². The van der Waals surface area contributed by atoms with Crippen LogP contribution in [0.2, 0.25) is 0 Å². The highest BCUT2D eigenvalue weighted by Crippen LogP contribution is 2.23. The average Bonchev–Trinajstić information content (AvgIpc) is 3.29. The molecule has 0 atom stereocenters. The fourth-order valence-electron chi connectivity index (χ4n) is 3.08. The maximum atomic E-state index is 5.87. The first kappa shape index (κ1) is 16.5. The van der Waals surface area contributed by atoms with Crippen molar-refractivity contribution in [3.8, 4) is 17.1 Å². The molecule has 4 rings (SSSR count). The van der Waals surface area contributed by atoms with Gasteiger partial charge in [-0.15, -0.1) is 5.10 Å². The number of ether oxygens (including phenoxy) is 1. The van der Waals surface area contributed by atoms with Crippen molar-refractivity contribution in [1.29, 1.82) is 0 Å². The summed E-state index contributed by atoms with van der Waals surface area (Å²) in [6.07, 6.45) is 2.88. The zero-order chi connectivity index (χ0) is 17.1. The average molecular weight is 357 g/mol. The van der Waals surface area contributed by atoms with Gasteiger partial charge >= 0.3 is 0 Å². The molecule has 0 saturated carbocycles. The minimum absolute atomic E-state index is 0.653. The largest absolute Gasteiger partial charge is 0.477 e. The third-order valence-corrected chi connectivity index (χ3v) is 5.30. The summed E-state index contributed by atoms with van der Waals surface area (Å²) >= 11 is 1.67. The second-order valence-corrected chi connectivity index (χ2v) is 7.22. The Kier molecular flexibility index (Phi) is 4.96. The minimum atomic E-state index is 0.653. The number of hydrogen-bond donors (Lipinski definition) is 0. The number of fused-ring (bicyclic) bond motifs is 1. The van der Waals surface area contributed by atoms with Gasteiger partial charge in [-0.2, -0.15) is 11.3 Å². The Bertz CT molecular complexity index is 808. The highest BCUT2D eigenvalue weighted by Gasteiger charge is 2.13. The SMILES string of the molecule is CN1CCN(CCCOc2ccc3ncc(-c4ccsc4)n3n2)CC1. The van der Waals surface area contributed by atoms with Crippen LogP contribution < -0.4 is 4.74 Å². The lowest BCUT2D eigenvalue weighted by Crippen LogP contribution is -2.44. The summed E-state index contributed by atoms with van der Waals surface area (Å²) in [5.41, 5.74) is 2.97. The molecule has 0 bridgehead atoms. The Morgan fingerprint density at radius 1 is 1.16 bits per heavy atom. The number of likely N-dealkylation sites (N-methyl/N-ethyl adjacent to an activating group) is 1. The number of aromatic nitrogens is 3. The van der Waals surface area contributed by atoms with Crippen LogP contribution in [0.3, 0.4) is 0 Å². The second kappa shape index (κ2) is 7.51. The van der Waals surface area contributed by atoms with E-state index in [1.165, 1.54) is 0 Å². The molecule has 0 N–H and O–H groups in total. The zero-order valence-corrected chi connectivity index (χ0v) is 15.3. The molecule has 1 aliphatic rings. The molecule has 3 aromatic rings. The van der Waals surface area contributed by atoms with E-state index >= 15 is 0 Å². The Morgan fingerprint density at radius 2 is 2.04 bits per heavy atom. The Labute approximate surface area is 151 Å². The van der Waals surface area contributed by atoms with Crippen molar-refractivity contribution in [2.24, 2.45) is 0 Å². The van der Waals surface area contributed by atoms with Gasteiger partial charge in [-0.3, -0.25) is 0 Å². The van der Waals surface area contributed by atoms with Crippen LogP contribution in [0.4, 0.5) is 0 Å². The van der Waals surface area contributed by atoms with Crippen LogP contribution in [0.1, 0.15) is 6.42 Å². The first-order chi connectivity index (χ1) is 12.3. The Balaban J connectivity index is 1.35. The van der Waals surface area contributed by atoms with Crippen molar-refractivity contribution < 1.29 is 4.74 Å². The zero-order valence-electron chi connectivity index (χ0n) is 14.5. The first-order valence-electron chi connectivity index (χ1n) is 8.71. The number of rotatable bonds is 6. The van der Waals surface area contributed by atoms with Gasteiger partial charge in [0.2, 0.25) is 5.88 Å². The van der Waals surface area contributed by atoms with Gasteiger partial charge in [-0.05, 0) is 31.0 Å². The molecule has 6 nitrogen and oxygen atoms in total. The molecule has 0 radical (unpaired) electrons. The van der Waals surface area contributed by atoms with Crippen LogP contribution in [0.15, 0.2) is 35.2 Å². The minimum Gasteiger partial charge on any atom is -0.477 e. The van der Waals surface area contributed by atoms with Crippen molar-refractivity contribution in [1.82, 2.24) is 24.4 Å². The fourth-order valence-corrected chi connectivity index (χ4v) is 3.73. The van der Waals surface area contributed by atoms with E-state index in [2.05, 4.69) is 43.8 Å². The molecule has 1 saturated heterocycles. The van der Waals surface area contributed by atoms with Gasteiger partial charge in [0, 0.05) is 49.7 Å². The molecule has 0 amide bonds. The third kappa shape index (κ3) is 3.84. The summed E-state index contributed by atoms with van der Waals surface area (Å²) in [7, 11) is 2.18. The topological polar surface area (TPSA) is 45.9 Å². The summed E-state index contributed by atoms with van der Waals surface area (Å²) in [6.45, 7) is 6.39. The summed E-state index contributed by atoms with van der Waals surface area (Å²) in [6, 6.07) is 5.94. The molecule has 132 valence electrons. The normalized spacial score (nSPS) is 16.5. The molecule has 0 aromatic carbocycles. The molecule has 0 aliphatic carbocycles. The standard InChI is InChI=1S/C18H23N5OS/c1-21-7-9-22(10-8-21)6-2-11-24-18-4-3-17-19-13-16(23(17)20-18)15-5-12-25-14-15/h3-5,12-14H,2,6-11H2,1H3. The smallest absolute Gasteiger partial charge is 0.231 e. The van der Waals surface area contributed by atoms with Gasteiger partial charge in [0.15, 0.2) is 5.65 Å². The molecule has 25 heavy (non-hydrogen) atoms. The number of hydrogen-bond acceptors (Lipinski definition) is 6. The van der Waals surface area contributed by atoms with E-state index in [0.717, 1.165) is 56.0 Å². The molecule has 1 fully saturated rings. The lowest BCUT2D eigenvalue weighted by Gasteiger charge is -2.32. The van der Waals surface area contributed by atoms with E-state index < -0.39 is 0 Å². The van der Waals surface area contributed by atoms with Gasteiger partial charge < -0.3 is 14.5 Å². The number of nitrogens with zero attached hydrogens (tertiary/aromatic N) is 5. The van der Waals surface area contributed by atoms with Gasteiger partial charge in [0.1, 0.15) is 0 Å². The lowest BCUT2D eigenvalue weighted by molar-refractivity contribution is 0.145. The summed E-state index contributed by atoms with van der Waals surface area (Å²) in [4.78, 5) is 9.30. The Morgan fingerprint density at radius 3 is 2.84 bits per heavy atom. The monoisotopic (exact) mass is 357 g/mol. The van der Waals surface area contributed by atoms with Crippen molar-refractivity contribution in [2.45, 2.75) is 6.42 Å². The quantitative estimate of drug-likeness (QED) is 0.634. The van der Waals surface area contributed by atoms with Crippen LogP contribution in [0.5, 0.6) is 5.88 Å². The highest BCUT2D eigenvalue weighted by atomic mass is 32.1. The first-order valence-corrected chi connectivity index (χ1v) is 9.65. The van der Waals surface area contributed by atoms with Gasteiger partial charge in [0.25, 0.3) is 0 Å². The number of thiophene rings is 1. The predicted octanol–water partition coefficient (Wildman–Crippen LogP) is 2.47. The molecular formula is C18H23N5OS. The maximum Gasteiger partial charge on any atom is 0.231 e. The maximum absolute atomic E-state index is 5.87. The van der Waals surface area contributed by atoms with Gasteiger partial charge in [-0.1, -0.05) is 0 Å². The van der Waals surface area contributed by atoms with Crippen LogP contribution >= 0.6 is 11.3 Å². The summed E-state index contributed by atoms with van der Waals surface area (Å²) in [5.74, 6) is 0.653. The van der Waals surface area contributed by atoms with E-state index in [0.29, 0.717) is 12.5 Å². The van der Waals surface area contributed by atoms with E-state index in [4.69, 9.17) is 4.74 Å². The third-order valence-electron chi connectivity index (χ3n) is 4.62. The molecule has 3 aromatic heterocycles. The van der Waals surface area contributed by atoms with Crippen LogP contribution in [0, 0.1) is 0 Å². The molecule has 4 heterocycles. The van der Waals surface area contributed by atoms with Crippen molar-refractivity contribution >= 4 is 17.0 Å². The van der Waals surface area contributed by atoms with Crippen LogP contribution in [0.25, 0.3) is 16.9 Å². The molecule has 7 heteroatoms. The Hall–Kier alpha value is -1.96. The molecular weight excluding hydrogens is 334 g/mol. The van der Waals surface area contributed by atoms with Crippen LogP contribution in [-0.2, 0) is 0 Å². The molecule has 1 aliphatic heterocycles. The van der Waals surface area contributed by atoms with Crippen molar-refractivity contribution in [3.05, 3.63) is 35.2 Å². The molecule has 0 unspecified atom stereocenters. The lowest BCUT2D eigenvalue weighted by atomic mass is 10.3. The second-order valence-electron chi connectivity index (χ2n) is 6.44. The van der Waals surface area contributed by atoms with Gasteiger partial charge in [-0.25, -0.2) is 9.50 Å². The van der Waals surface area contributed by atoms with Crippen LogP contribution in [-0.4, -0.2) is 70.8 Å². The summed E-state index contributed by atoms with van der Waals surface area (Å²) in [5, 5.41) is 8.77. The highest BCUT2D eigenvalue weighted by molar-refractivity contribution is 7.08. The van der Waals surface area contributed by atoms with E-state index in [1.54, 1.807) is 11.3 Å². The molecule has 0 spiro atoms. The number of piperazine rings is 1. The van der Waals surface area contributed by atoms with E-state index in [9.17, 15) is 0 Å². The summed E-state index contributed by atoms with van der Waals surface area (Å²) < 4.78 is 7.73. The van der Waals surface area contributed by atoms with Crippen molar-refractivity contribution in [3.63, 3.8) is 0 Å².